The molecule has 0 radical (unpaired) electrons. The van der Waals surface area contributed by atoms with E-state index >= 15 is 0 Å². The first-order valence-corrected chi connectivity index (χ1v) is 16.0. The minimum Gasteiger partial charge on any atom is -0.506 e. The standard InChI is InChI=1S/C26H25I2NO8S/c27-14-10-16(20(30)18(28)11-14)24(31)35-21-15-12-17-22(21)37-38(33,34)23(17)19(15)25(32)36-26(6-8-29-9-7-26)13-4-2-1-3-5-13/h1-5,10-11,15,17,19,21-23,29-30H,6-9,12H2. The number of phenolic OH excluding ortho intramolecular Hbond substituents is 1. The van der Waals surface area contributed by atoms with Gasteiger partial charge in [0.2, 0.25) is 0 Å². The lowest BCUT2D eigenvalue weighted by Crippen LogP contribution is -2.49. The Kier molecular flexibility index (Phi) is 6.93. The molecule has 2 bridgehead atoms. The van der Waals surface area contributed by atoms with Crippen LogP contribution in [-0.4, -0.2) is 56.0 Å². The van der Waals surface area contributed by atoms with Crippen molar-refractivity contribution in [3.8, 4) is 5.75 Å². The number of ether oxygens (including phenoxy) is 2. The summed E-state index contributed by atoms with van der Waals surface area (Å²) in [5.41, 5.74) is -0.0184. The molecule has 4 fully saturated rings. The molecule has 38 heavy (non-hydrogen) atoms. The number of hydrogen-bond acceptors (Lipinski definition) is 9. The van der Waals surface area contributed by atoms with E-state index < -0.39 is 62.9 Å². The number of halogens is 2. The quantitative estimate of drug-likeness (QED) is 0.268. The Balaban J connectivity index is 1.30. The molecule has 2 aliphatic carbocycles. The van der Waals surface area contributed by atoms with Crippen LogP contribution in [0.15, 0.2) is 42.5 Å². The summed E-state index contributed by atoms with van der Waals surface area (Å²) in [7, 11) is -4.06. The van der Waals surface area contributed by atoms with Crippen LogP contribution in [0.5, 0.6) is 5.75 Å². The van der Waals surface area contributed by atoms with Crippen LogP contribution < -0.4 is 5.32 Å². The van der Waals surface area contributed by atoms with Gasteiger partial charge in [-0.2, -0.15) is 8.42 Å². The van der Waals surface area contributed by atoms with Crippen molar-refractivity contribution in [3.05, 3.63) is 60.7 Å². The van der Waals surface area contributed by atoms with Crippen LogP contribution in [0.1, 0.15) is 35.2 Å². The highest BCUT2D eigenvalue weighted by Gasteiger charge is 2.72. The van der Waals surface area contributed by atoms with Crippen molar-refractivity contribution in [2.45, 2.75) is 42.3 Å². The number of nitrogens with one attached hydrogen (secondary N) is 1. The van der Waals surface area contributed by atoms with Gasteiger partial charge in [0, 0.05) is 28.2 Å². The summed E-state index contributed by atoms with van der Waals surface area (Å²) in [6.45, 7) is 1.31. The van der Waals surface area contributed by atoms with Gasteiger partial charge in [-0.3, -0.25) is 8.98 Å². The van der Waals surface area contributed by atoms with E-state index in [2.05, 4.69) is 5.32 Å². The van der Waals surface area contributed by atoms with Gasteiger partial charge >= 0.3 is 11.9 Å². The molecule has 2 aromatic rings. The van der Waals surface area contributed by atoms with Gasteiger partial charge in [-0.1, -0.05) is 30.3 Å². The molecule has 2 heterocycles. The minimum atomic E-state index is -4.06. The van der Waals surface area contributed by atoms with Gasteiger partial charge in [-0.05, 0) is 82.4 Å². The lowest BCUT2D eigenvalue weighted by atomic mass is 9.82. The highest BCUT2D eigenvalue weighted by Crippen LogP contribution is 2.59. The van der Waals surface area contributed by atoms with Gasteiger partial charge < -0.3 is 19.9 Å². The first-order chi connectivity index (χ1) is 18.1. The third kappa shape index (κ3) is 4.34. The maximum Gasteiger partial charge on any atom is 0.342 e. The molecule has 6 atom stereocenters. The van der Waals surface area contributed by atoms with E-state index in [1.54, 1.807) is 6.07 Å². The summed E-state index contributed by atoms with van der Waals surface area (Å²) >= 11 is 3.96. The Hall–Kier alpha value is -1.49. The van der Waals surface area contributed by atoms with Crippen LogP contribution in [-0.2, 0) is 34.2 Å². The van der Waals surface area contributed by atoms with E-state index in [1.807, 2.05) is 75.5 Å². The maximum absolute atomic E-state index is 13.9. The van der Waals surface area contributed by atoms with Gasteiger partial charge in [-0.15, -0.1) is 0 Å². The summed E-state index contributed by atoms with van der Waals surface area (Å²) in [4.78, 5) is 27.0. The molecular weight excluding hydrogens is 740 g/mol. The Bertz CT molecular complexity index is 1400. The molecule has 2 saturated heterocycles. The number of carbonyl (C=O) groups is 2. The minimum absolute atomic E-state index is 0.0154. The van der Waals surface area contributed by atoms with Crippen molar-refractivity contribution in [1.29, 1.82) is 0 Å². The fourth-order valence-electron chi connectivity index (χ4n) is 6.65. The van der Waals surface area contributed by atoms with E-state index in [1.165, 1.54) is 6.07 Å². The zero-order valence-electron chi connectivity index (χ0n) is 20.0. The van der Waals surface area contributed by atoms with Crippen molar-refractivity contribution in [1.82, 2.24) is 5.32 Å². The first-order valence-electron chi connectivity index (χ1n) is 12.4. The molecule has 0 aromatic heterocycles. The van der Waals surface area contributed by atoms with Crippen molar-refractivity contribution in [3.63, 3.8) is 0 Å². The SMILES string of the molecule is O=C(OC1C2CC3C1OS(=O)(=O)C3C2C(=O)OC1(c2ccccc2)CCNCC1)c1cc(I)cc(I)c1O. The predicted molar refractivity (Wildman–Crippen MR) is 152 cm³/mol. The van der Waals surface area contributed by atoms with Crippen LogP contribution in [0, 0.1) is 24.9 Å². The van der Waals surface area contributed by atoms with Gasteiger partial charge in [0.15, 0.2) is 0 Å². The first kappa shape index (κ1) is 26.7. The molecule has 12 heteroatoms. The number of benzene rings is 2. The summed E-state index contributed by atoms with van der Waals surface area (Å²) in [6, 6.07) is 12.7. The second-order valence-corrected chi connectivity index (χ2v) is 14.4. The van der Waals surface area contributed by atoms with Crippen LogP contribution in [0.4, 0.5) is 0 Å². The summed E-state index contributed by atoms with van der Waals surface area (Å²) in [5, 5.41) is 12.7. The lowest BCUT2D eigenvalue weighted by Gasteiger charge is -2.39. The molecule has 4 aliphatic rings. The second kappa shape index (κ2) is 9.85. The van der Waals surface area contributed by atoms with Crippen molar-refractivity contribution in [2.24, 2.45) is 17.8 Å². The number of piperidine rings is 1. The van der Waals surface area contributed by atoms with E-state index in [9.17, 15) is 23.1 Å². The number of esters is 2. The maximum atomic E-state index is 13.9. The molecule has 0 amide bonds. The number of aromatic hydroxyl groups is 1. The third-order valence-electron chi connectivity index (χ3n) is 8.30. The molecule has 2 aromatic carbocycles. The number of hydrogen-bond donors (Lipinski definition) is 2. The second-order valence-electron chi connectivity index (χ2n) is 10.3. The molecule has 6 rings (SSSR count). The van der Waals surface area contributed by atoms with Gasteiger partial charge in [0.25, 0.3) is 10.1 Å². The Labute approximate surface area is 247 Å². The summed E-state index contributed by atoms with van der Waals surface area (Å²) < 4.78 is 44.9. The average Bonchev–Trinajstić information content (AvgIpc) is 3.50. The fraction of sp³-hybridized carbons (Fsp3) is 0.462. The average molecular weight is 765 g/mol. The number of rotatable bonds is 5. The largest absolute Gasteiger partial charge is 0.506 e. The molecule has 202 valence electrons. The van der Waals surface area contributed by atoms with E-state index in [0.29, 0.717) is 35.9 Å². The molecule has 9 nitrogen and oxygen atoms in total. The topological polar surface area (TPSA) is 128 Å². The Morgan fingerprint density at radius 2 is 1.79 bits per heavy atom. The zero-order chi connectivity index (χ0) is 26.8. The van der Waals surface area contributed by atoms with Gasteiger partial charge in [0.1, 0.15) is 34.4 Å². The van der Waals surface area contributed by atoms with E-state index in [-0.39, 0.29) is 11.3 Å². The zero-order valence-corrected chi connectivity index (χ0v) is 25.1. The van der Waals surface area contributed by atoms with Crippen LogP contribution in [0.25, 0.3) is 0 Å². The molecule has 2 saturated carbocycles. The highest BCUT2D eigenvalue weighted by atomic mass is 127. The van der Waals surface area contributed by atoms with Crippen LogP contribution in [0.2, 0.25) is 0 Å². The monoisotopic (exact) mass is 765 g/mol. The smallest absolute Gasteiger partial charge is 0.342 e. The fourth-order valence-corrected chi connectivity index (χ4v) is 10.5. The summed E-state index contributed by atoms with van der Waals surface area (Å²) in [6.07, 6.45) is -0.308. The molecule has 6 unspecified atom stereocenters. The third-order valence-corrected chi connectivity index (χ3v) is 11.5. The predicted octanol–water partition coefficient (Wildman–Crippen LogP) is 3.31. The number of phenols is 1. The molecule has 2 aliphatic heterocycles. The van der Waals surface area contributed by atoms with Crippen molar-refractivity contribution >= 4 is 67.2 Å². The van der Waals surface area contributed by atoms with E-state index in [4.69, 9.17) is 13.7 Å². The molecular formula is C26H25I2NO8S. The molecule has 2 N–H and O–H groups in total. The van der Waals surface area contributed by atoms with Gasteiger partial charge in [0.05, 0.1) is 9.49 Å². The van der Waals surface area contributed by atoms with Crippen LogP contribution in [0.3, 0.4) is 0 Å². The Morgan fingerprint density at radius 1 is 1.08 bits per heavy atom. The van der Waals surface area contributed by atoms with E-state index in [0.717, 1.165) is 9.13 Å². The number of carbonyl (C=O) groups excluding carboxylic acids is 2. The summed E-state index contributed by atoms with van der Waals surface area (Å²) in [5.74, 6) is -3.64. The normalized spacial score (nSPS) is 32.2. The van der Waals surface area contributed by atoms with Crippen molar-refractivity contribution in [2.75, 3.05) is 13.1 Å². The van der Waals surface area contributed by atoms with Crippen LogP contribution >= 0.6 is 45.2 Å². The molecule has 0 spiro atoms. The Morgan fingerprint density at radius 3 is 2.50 bits per heavy atom. The van der Waals surface area contributed by atoms with Crippen molar-refractivity contribution < 1.29 is 36.8 Å². The number of fused-ring (bicyclic) bond motifs is 1. The van der Waals surface area contributed by atoms with Gasteiger partial charge in [-0.25, -0.2) is 4.79 Å². The highest BCUT2D eigenvalue weighted by molar-refractivity contribution is 14.1. The lowest BCUT2D eigenvalue weighted by molar-refractivity contribution is -0.173.